The van der Waals surface area contributed by atoms with E-state index in [4.69, 9.17) is 11.6 Å². The highest BCUT2D eigenvalue weighted by Crippen LogP contribution is 2.29. The predicted octanol–water partition coefficient (Wildman–Crippen LogP) is 5.88. The third-order valence-corrected chi connectivity index (χ3v) is 4.92. The van der Waals surface area contributed by atoms with Crippen LogP contribution in [0.25, 0.3) is 10.4 Å². The number of Topliss-reactive ketones (excluding diaryl/α,β-unsaturated/α-hetero) is 1. The topological polar surface area (TPSA) is 17.1 Å². The molecular formula is C19H15ClOS. The molecule has 1 heterocycles. The SMILES string of the molecule is O=C(CCc1ccccc1)c1ccc(-c2ccc(Cl)cc2)s1. The van der Waals surface area contributed by atoms with Gasteiger partial charge < -0.3 is 0 Å². The zero-order chi connectivity index (χ0) is 15.4. The van der Waals surface area contributed by atoms with E-state index in [1.807, 2.05) is 54.6 Å². The van der Waals surface area contributed by atoms with Crippen molar-refractivity contribution in [2.45, 2.75) is 12.8 Å². The van der Waals surface area contributed by atoms with Gasteiger partial charge >= 0.3 is 0 Å². The maximum Gasteiger partial charge on any atom is 0.173 e. The van der Waals surface area contributed by atoms with Gasteiger partial charge in [0.25, 0.3) is 0 Å². The Morgan fingerprint density at radius 3 is 2.36 bits per heavy atom. The van der Waals surface area contributed by atoms with Crippen LogP contribution in [0.4, 0.5) is 0 Å². The van der Waals surface area contributed by atoms with Crippen LogP contribution in [0.15, 0.2) is 66.7 Å². The molecule has 0 saturated carbocycles. The van der Waals surface area contributed by atoms with Crippen LogP contribution in [0.2, 0.25) is 5.02 Å². The molecular weight excluding hydrogens is 312 g/mol. The minimum Gasteiger partial charge on any atom is -0.293 e. The van der Waals surface area contributed by atoms with Crippen molar-refractivity contribution in [1.29, 1.82) is 0 Å². The summed E-state index contributed by atoms with van der Waals surface area (Å²) in [4.78, 5) is 14.2. The maximum atomic E-state index is 12.3. The molecule has 2 aromatic carbocycles. The lowest BCUT2D eigenvalue weighted by molar-refractivity contribution is 0.0987. The lowest BCUT2D eigenvalue weighted by Crippen LogP contribution is -1.98. The van der Waals surface area contributed by atoms with Crippen LogP contribution in [0, 0.1) is 0 Å². The van der Waals surface area contributed by atoms with E-state index in [1.165, 1.54) is 5.56 Å². The Bertz CT molecular complexity index is 760. The van der Waals surface area contributed by atoms with Crippen molar-refractivity contribution in [1.82, 2.24) is 0 Å². The minimum absolute atomic E-state index is 0.203. The van der Waals surface area contributed by atoms with Gasteiger partial charge in [0.2, 0.25) is 0 Å². The molecule has 0 saturated heterocycles. The first-order chi connectivity index (χ1) is 10.7. The average molecular weight is 327 g/mol. The van der Waals surface area contributed by atoms with E-state index in [9.17, 15) is 4.79 Å². The zero-order valence-corrected chi connectivity index (χ0v) is 13.5. The molecule has 0 amide bonds. The molecule has 0 bridgehead atoms. The third kappa shape index (κ3) is 3.65. The molecule has 0 aliphatic carbocycles. The number of carbonyl (C=O) groups is 1. The molecule has 0 N–H and O–H groups in total. The van der Waals surface area contributed by atoms with E-state index in [-0.39, 0.29) is 5.78 Å². The van der Waals surface area contributed by atoms with Crippen LogP contribution in [0.5, 0.6) is 0 Å². The summed E-state index contributed by atoms with van der Waals surface area (Å²) in [6.45, 7) is 0. The summed E-state index contributed by atoms with van der Waals surface area (Å²) in [6, 6.07) is 21.7. The zero-order valence-electron chi connectivity index (χ0n) is 12.0. The molecule has 0 aliphatic rings. The number of hydrogen-bond acceptors (Lipinski definition) is 2. The van der Waals surface area contributed by atoms with E-state index in [0.717, 1.165) is 26.8 Å². The van der Waals surface area contributed by atoms with E-state index < -0.39 is 0 Å². The van der Waals surface area contributed by atoms with Gasteiger partial charge in [-0.3, -0.25) is 4.79 Å². The van der Waals surface area contributed by atoms with Gasteiger partial charge in [-0.25, -0.2) is 0 Å². The minimum atomic E-state index is 0.203. The molecule has 0 unspecified atom stereocenters. The van der Waals surface area contributed by atoms with Gasteiger partial charge in [0.15, 0.2) is 5.78 Å². The Balaban J connectivity index is 1.68. The summed E-state index contributed by atoms with van der Waals surface area (Å²) >= 11 is 7.45. The number of thiophene rings is 1. The number of aryl methyl sites for hydroxylation is 1. The van der Waals surface area contributed by atoms with E-state index in [0.29, 0.717) is 6.42 Å². The summed E-state index contributed by atoms with van der Waals surface area (Å²) < 4.78 is 0. The first-order valence-corrected chi connectivity index (χ1v) is 8.35. The van der Waals surface area contributed by atoms with Gasteiger partial charge in [0.1, 0.15) is 0 Å². The van der Waals surface area contributed by atoms with Crippen LogP contribution in [0.3, 0.4) is 0 Å². The van der Waals surface area contributed by atoms with Gasteiger partial charge in [-0.05, 0) is 41.8 Å². The van der Waals surface area contributed by atoms with E-state index in [2.05, 4.69) is 12.1 Å². The van der Waals surface area contributed by atoms with Crippen LogP contribution in [0.1, 0.15) is 21.7 Å². The summed E-state index contributed by atoms with van der Waals surface area (Å²) in [6.07, 6.45) is 1.33. The Kier molecular flexibility index (Phi) is 4.71. The van der Waals surface area contributed by atoms with Gasteiger partial charge in [-0.1, -0.05) is 54.1 Å². The second-order valence-corrected chi connectivity index (χ2v) is 6.60. The van der Waals surface area contributed by atoms with Crippen molar-refractivity contribution in [3.8, 4) is 10.4 Å². The number of hydrogen-bond donors (Lipinski definition) is 0. The smallest absolute Gasteiger partial charge is 0.173 e. The first kappa shape index (κ1) is 15.0. The molecule has 1 aromatic heterocycles. The maximum absolute atomic E-state index is 12.3. The van der Waals surface area contributed by atoms with Crippen molar-refractivity contribution in [3.63, 3.8) is 0 Å². The van der Waals surface area contributed by atoms with Gasteiger partial charge in [0.05, 0.1) is 4.88 Å². The van der Waals surface area contributed by atoms with Gasteiger partial charge in [-0.15, -0.1) is 11.3 Å². The molecule has 3 rings (SSSR count). The van der Waals surface area contributed by atoms with Gasteiger partial charge in [-0.2, -0.15) is 0 Å². The fourth-order valence-corrected chi connectivity index (χ4v) is 3.39. The van der Waals surface area contributed by atoms with Crippen molar-refractivity contribution in [3.05, 3.63) is 82.2 Å². The summed E-state index contributed by atoms with van der Waals surface area (Å²) in [5.74, 6) is 0.203. The van der Waals surface area contributed by atoms with Crippen molar-refractivity contribution < 1.29 is 4.79 Å². The molecule has 22 heavy (non-hydrogen) atoms. The van der Waals surface area contributed by atoms with E-state index in [1.54, 1.807) is 11.3 Å². The quantitative estimate of drug-likeness (QED) is 0.535. The van der Waals surface area contributed by atoms with Crippen LogP contribution >= 0.6 is 22.9 Å². The first-order valence-electron chi connectivity index (χ1n) is 7.15. The molecule has 3 aromatic rings. The number of benzene rings is 2. The molecule has 0 spiro atoms. The number of ketones is 1. The fourth-order valence-electron chi connectivity index (χ4n) is 2.28. The normalized spacial score (nSPS) is 10.6. The molecule has 110 valence electrons. The highest BCUT2D eigenvalue weighted by atomic mass is 35.5. The van der Waals surface area contributed by atoms with Crippen molar-refractivity contribution >= 4 is 28.7 Å². The van der Waals surface area contributed by atoms with Crippen molar-refractivity contribution in [2.24, 2.45) is 0 Å². The average Bonchev–Trinajstić information content (AvgIpc) is 3.04. The Morgan fingerprint density at radius 2 is 1.64 bits per heavy atom. The highest BCUT2D eigenvalue weighted by molar-refractivity contribution is 7.17. The van der Waals surface area contributed by atoms with Crippen LogP contribution < -0.4 is 0 Å². The lowest BCUT2D eigenvalue weighted by Gasteiger charge is -2.00. The fraction of sp³-hybridized carbons (Fsp3) is 0.105. The Morgan fingerprint density at radius 1 is 0.909 bits per heavy atom. The molecule has 0 radical (unpaired) electrons. The van der Waals surface area contributed by atoms with Crippen LogP contribution in [-0.2, 0) is 6.42 Å². The highest BCUT2D eigenvalue weighted by Gasteiger charge is 2.10. The summed E-state index contributed by atoms with van der Waals surface area (Å²) in [5, 5.41) is 0.722. The largest absolute Gasteiger partial charge is 0.293 e. The van der Waals surface area contributed by atoms with E-state index >= 15 is 0 Å². The second-order valence-electron chi connectivity index (χ2n) is 5.08. The van der Waals surface area contributed by atoms with Gasteiger partial charge in [0, 0.05) is 16.3 Å². The van der Waals surface area contributed by atoms with Crippen molar-refractivity contribution in [2.75, 3.05) is 0 Å². The molecule has 1 nitrogen and oxygen atoms in total. The molecule has 3 heteroatoms. The third-order valence-electron chi connectivity index (χ3n) is 3.49. The molecule has 0 atom stereocenters. The van der Waals surface area contributed by atoms with Crippen LogP contribution in [-0.4, -0.2) is 5.78 Å². The Labute approximate surface area is 139 Å². The predicted molar refractivity (Wildman–Crippen MR) is 93.9 cm³/mol. The number of halogens is 1. The Hall–Kier alpha value is -1.90. The standard InChI is InChI=1S/C19H15ClOS/c20-16-9-7-15(8-10-16)18-12-13-19(22-18)17(21)11-6-14-4-2-1-3-5-14/h1-5,7-10,12-13H,6,11H2. The number of rotatable bonds is 5. The molecule has 0 aliphatic heterocycles. The molecule has 0 fully saturated rings. The number of carbonyl (C=O) groups excluding carboxylic acids is 1. The summed E-state index contributed by atoms with van der Waals surface area (Å²) in [7, 11) is 0. The summed E-state index contributed by atoms with van der Waals surface area (Å²) in [5.41, 5.74) is 2.29. The monoisotopic (exact) mass is 326 g/mol. The lowest BCUT2D eigenvalue weighted by atomic mass is 10.1. The second kappa shape index (κ2) is 6.91.